The van der Waals surface area contributed by atoms with Crippen LogP contribution in [0.4, 0.5) is 29.3 Å². The first-order chi connectivity index (χ1) is 17.9. The van der Waals surface area contributed by atoms with Gasteiger partial charge in [-0.25, -0.2) is 9.10 Å². The van der Waals surface area contributed by atoms with Gasteiger partial charge in [0.15, 0.2) is 0 Å². The van der Waals surface area contributed by atoms with Crippen LogP contribution in [0.1, 0.15) is 47.9 Å². The van der Waals surface area contributed by atoms with Crippen molar-refractivity contribution in [3.05, 3.63) is 45.9 Å². The van der Waals surface area contributed by atoms with Crippen LogP contribution in [0.2, 0.25) is 0 Å². The van der Waals surface area contributed by atoms with E-state index in [1.807, 2.05) is 11.9 Å². The Bertz CT molecular complexity index is 1290. The van der Waals surface area contributed by atoms with Gasteiger partial charge in [-0.05, 0) is 93.8 Å². The molecule has 1 atom stereocenters. The fourth-order valence-corrected chi connectivity index (χ4v) is 7.29. The lowest BCUT2D eigenvalue weighted by molar-refractivity contribution is -0.604. The monoisotopic (exact) mass is 556 g/mol. The van der Waals surface area contributed by atoms with Crippen molar-refractivity contribution in [1.82, 2.24) is 14.7 Å². The topological polar surface area (TPSA) is 115 Å². The van der Waals surface area contributed by atoms with Gasteiger partial charge in [-0.2, -0.15) is 31.2 Å². The molecule has 10 nitrogen and oxygen atoms in total. The van der Waals surface area contributed by atoms with Crippen molar-refractivity contribution in [3.63, 3.8) is 0 Å². The summed E-state index contributed by atoms with van der Waals surface area (Å²) in [6.45, 7) is -0.362. The number of hydrogen-bond donors (Lipinski definition) is 2. The van der Waals surface area contributed by atoms with Crippen LogP contribution >= 0.6 is 0 Å². The molecule has 3 aliphatic rings. The number of anilines is 2. The highest BCUT2D eigenvalue weighted by Gasteiger charge is 2.41. The number of halogens is 3. The van der Waals surface area contributed by atoms with Crippen molar-refractivity contribution in [3.8, 4) is 0 Å². The molecule has 2 heterocycles. The molecule has 1 aliphatic heterocycles. The second-order valence-electron chi connectivity index (χ2n) is 10.3. The Morgan fingerprint density at radius 1 is 1.16 bits per heavy atom. The molecule has 0 bridgehead atoms. The lowest BCUT2D eigenvalue weighted by atomic mass is 9.99. The number of alkyl halides is 3. The summed E-state index contributed by atoms with van der Waals surface area (Å²) in [5.41, 5.74) is 4.49. The zero-order valence-corrected chi connectivity index (χ0v) is 21.9. The predicted molar refractivity (Wildman–Crippen MR) is 134 cm³/mol. The minimum Gasteiger partial charge on any atom is -0.608 e. The Hall–Kier alpha value is -2.68. The molecule has 2 aromatic rings. The number of amides is 2. The summed E-state index contributed by atoms with van der Waals surface area (Å²) in [7, 11) is -3.05. The molecule has 1 aromatic carbocycles. The molecular formula is C24H31F3N6O4S. The molecule has 208 valence electrons. The van der Waals surface area contributed by atoms with Crippen LogP contribution in [0.5, 0.6) is 0 Å². The first-order valence-corrected chi connectivity index (χ1v) is 14.2. The molecule has 5 rings (SSSR count). The van der Waals surface area contributed by atoms with Crippen molar-refractivity contribution in [1.29, 1.82) is 0 Å². The van der Waals surface area contributed by atoms with E-state index < -0.39 is 39.5 Å². The Morgan fingerprint density at radius 3 is 2.34 bits per heavy atom. The van der Waals surface area contributed by atoms with Crippen LogP contribution in [-0.4, -0.2) is 61.5 Å². The lowest BCUT2D eigenvalue weighted by Gasteiger charge is -2.37. The first kappa shape index (κ1) is 26.9. The van der Waals surface area contributed by atoms with Gasteiger partial charge >= 0.3 is 22.4 Å². The van der Waals surface area contributed by atoms with Gasteiger partial charge in [0.25, 0.3) is 0 Å². The minimum absolute atomic E-state index is 0.175. The number of benzene rings is 1. The highest BCUT2D eigenvalue weighted by molar-refractivity contribution is 7.86. The third-order valence-electron chi connectivity index (χ3n) is 7.63. The van der Waals surface area contributed by atoms with Crippen molar-refractivity contribution < 1.29 is 30.9 Å². The number of likely N-dealkylation sites (tertiary alicyclic amines) is 1. The Labute approximate surface area is 219 Å². The van der Waals surface area contributed by atoms with E-state index in [0.29, 0.717) is 36.3 Å². The van der Waals surface area contributed by atoms with E-state index in [2.05, 4.69) is 16.5 Å². The van der Waals surface area contributed by atoms with Gasteiger partial charge in [-0.15, -0.1) is 0 Å². The van der Waals surface area contributed by atoms with E-state index in [0.717, 1.165) is 77.5 Å². The van der Waals surface area contributed by atoms with Crippen LogP contribution < -0.4 is 14.1 Å². The number of aromatic nitrogens is 2. The number of nitrogens with zero attached hydrogens (tertiary/aromatic N) is 4. The second kappa shape index (κ2) is 10.1. The van der Waals surface area contributed by atoms with Crippen molar-refractivity contribution in [2.75, 3.05) is 29.8 Å². The standard InChI is InChI=1S/C24H31F3N6O4S/c1-30-10-8-18(9-11-30)32(19-13-28-31(14-19)15-24(25,26)27)38(36,37)33(35)23(34)29-22-20-6-2-4-16(20)12-17-5-3-7-21(17)22/h12-14,18,33H,2-11,15H2,1H3,(H,29,34). The quantitative estimate of drug-likeness (QED) is 0.528. The fourth-order valence-electron chi connectivity index (χ4n) is 5.85. The van der Waals surface area contributed by atoms with E-state index in [1.54, 1.807) is 0 Å². The zero-order chi connectivity index (χ0) is 27.2. The molecule has 1 saturated heterocycles. The molecule has 1 aromatic heterocycles. The van der Waals surface area contributed by atoms with Gasteiger partial charge in [-0.1, -0.05) is 6.07 Å². The number of piperidine rings is 1. The number of aryl methyl sites for hydroxylation is 2. The largest absolute Gasteiger partial charge is 0.608 e. The summed E-state index contributed by atoms with van der Waals surface area (Å²) in [4.78, 5) is 15.2. The molecule has 2 aliphatic carbocycles. The molecule has 1 unspecified atom stereocenters. The lowest BCUT2D eigenvalue weighted by Crippen LogP contribution is -3.14. The maximum absolute atomic E-state index is 13.6. The van der Waals surface area contributed by atoms with E-state index in [-0.39, 0.29) is 5.69 Å². The SMILES string of the molecule is CN1CCC(N(c2cnn(CC(F)(F)F)c2)S(=O)(=O)[NH+]([O-])C(=O)Nc2c3c(cc4c2CCC4)CCC3)CC1. The predicted octanol–water partition coefficient (Wildman–Crippen LogP) is 2.18. The number of carbonyl (C=O) groups is 1. The molecule has 0 spiro atoms. The molecule has 2 amide bonds. The minimum atomic E-state index is -4.92. The van der Waals surface area contributed by atoms with Crippen LogP contribution in [0, 0.1) is 5.21 Å². The van der Waals surface area contributed by atoms with Gasteiger partial charge in [0, 0.05) is 6.20 Å². The molecule has 0 radical (unpaired) electrons. The fraction of sp³-hybridized carbons (Fsp3) is 0.583. The Morgan fingerprint density at radius 2 is 1.76 bits per heavy atom. The zero-order valence-electron chi connectivity index (χ0n) is 21.1. The number of carbonyl (C=O) groups excluding carboxylic acids is 1. The number of urea groups is 1. The van der Waals surface area contributed by atoms with E-state index in [1.165, 1.54) is 0 Å². The van der Waals surface area contributed by atoms with Gasteiger partial charge in [0.2, 0.25) is 0 Å². The molecule has 38 heavy (non-hydrogen) atoms. The van der Waals surface area contributed by atoms with Crippen molar-refractivity contribution in [2.24, 2.45) is 0 Å². The Kier molecular flexibility index (Phi) is 7.18. The molecular weight excluding hydrogens is 525 g/mol. The van der Waals surface area contributed by atoms with Crippen molar-refractivity contribution >= 4 is 27.6 Å². The maximum atomic E-state index is 13.6. The second-order valence-corrected chi connectivity index (χ2v) is 12.0. The summed E-state index contributed by atoms with van der Waals surface area (Å²) in [5, 5.41) is 19.6. The first-order valence-electron chi connectivity index (χ1n) is 12.8. The highest BCUT2D eigenvalue weighted by atomic mass is 32.2. The summed E-state index contributed by atoms with van der Waals surface area (Å²) >= 11 is 0. The summed E-state index contributed by atoms with van der Waals surface area (Å²) in [6.07, 6.45) is 3.09. The number of hydrogen-bond acceptors (Lipinski definition) is 6. The summed E-state index contributed by atoms with van der Waals surface area (Å²) in [5.74, 6) is 0. The van der Waals surface area contributed by atoms with Crippen LogP contribution in [0.3, 0.4) is 0 Å². The average Bonchev–Trinajstić information content (AvgIpc) is 3.60. The van der Waals surface area contributed by atoms with E-state index in [9.17, 15) is 31.6 Å². The number of fused-ring (bicyclic) bond motifs is 2. The van der Waals surface area contributed by atoms with E-state index >= 15 is 0 Å². The average molecular weight is 557 g/mol. The number of nitrogens with one attached hydrogen (secondary N) is 2. The molecule has 1 fully saturated rings. The normalized spacial score (nSPS) is 19.3. The summed E-state index contributed by atoms with van der Waals surface area (Å²) < 4.78 is 65.8. The third-order valence-corrected chi connectivity index (χ3v) is 9.31. The van der Waals surface area contributed by atoms with Gasteiger partial charge in [-0.3, -0.25) is 10.00 Å². The smallest absolute Gasteiger partial charge is 0.436 e. The maximum Gasteiger partial charge on any atom is 0.436 e. The summed E-state index contributed by atoms with van der Waals surface area (Å²) in [6, 6.07) is 0.181. The van der Waals surface area contributed by atoms with Crippen LogP contribution in [0.25, 0.3) is 0 Å². The third kappa shape index (κ3) is 5.26. The van der Waals surface area contributed by atoms with Crippen molar-refractivity contribution in [2.45, 2.75) is 70.1 Å². The molecule has 14 heteroatoms. The number of rotatable bonds is 6. The molecule has 2 N–H and O–H groups in total. The number of quaternary nitrogens is 1. The highest BCUT2D eigenvalue weighted by Crippen LogP contribution is 2.38. The van der Waals surface area contributed by atoms with Crippen LogP contribution in [0.15, 0.2) is 18.5 Å². The van der Waals surface area contributed by atoms with Gasteiger partial charge in [0.05, 0.1) is 23.6 Å². The molecule has 0 saturated carbocycles. The van der Waals surface area contributed by atoms with Crippen LogP contribution in [-0.2, 0) is 42.4 Å². The van der Waals surface area contributed by atoms with Gasteiger partial charge in [0.1, 0.15) is 6.54 Å². The Balaban J connectivity index is 1.45. The number of hydroxylamine groups is 1. The van der Waals surface area contributed by atoms with Gasteiger partial charge < -0.3 is 10.1 Å². The van der Waals surface area contributed by atoms with E-state index in [4.69, 9.17) is 0 Å².